The maximum Gasteiger partial charge on any atom is 0.225 e. The number of nitrogens with one attached hydrogen (secondary N) is 1. The number of carbonyl (C=O) groups excluding carboxylic acids is 1. The Hall–Kier alpha value is -2.35. The monoisotopic (exact) mass is 469 g/mol. The molecule has 1 heterocycles. The van der Waals surface area contributed by atoms with Crippen LogP contribution in [0.1, 0.15) is 42.8 Å². The van der Waals surface area contributed by atoms with Crippen LogP contribution in [0.25, 0.3) is 5.69 Å². The summed E-state index contributed by atoms with van der Waals surface area (Å²) in [5.41, 5.74) is 4.60. The number of hydrogen-bond donors (Lipinski definition) is 1. The van der Waals surface area contributed by atoms with Crippen LogP contribution in [0.4, 0.5) is 5.69 Å². The molecule has 0 radical (unpaired) electrons. The largest absolute Gasteiger partial charge is 0.326 e. The number of fused-ring (bicyclic) bond motifs is 1. The Kier molecular flexibility index (Phi) is 7.18. The third-order valence-corrected chi connectivity index (χ3v) is 7.02. The second-order valence-corrected chi connectivity index (χ2v) is 9.77. The molecule has 0 saturated heterocycles. The number of hydrogen-bond acceptors (Lipinski definition) is 5. The SMILES string of the molecule is CC(c1nnc(SCCC(=O)Nc2ccc3c(c2)CCC3)n1-c1ccc(Cl)cc1)N(C)C. The highest BCUT2D eigenvalue weighted by Gasteiger charge is 2.21. The van der Waals surface area contributed by atoms with Gasteiger partial charge in [0.2, 0.25) is 5.91 Å². The smallest absolute Gasteiger partial charge is 0.225 e. The molecule has 1 aromatic heterocycles. The molecule has 0 fully saturated rings. The average Bonchev–Trinajstić information content (AvgIpc) is 3.40. The Morgan fingerprint density at radius 1 is 1.16 bits per heavy atom. The highest BCUT2D eigenvalue weighted by atomic mass is 35.5. The fourth-order valence-electron chi connectivity index (χ4n) is 3.82. The van der Waals surface area contributed by atoms with Gasteiger partial charge in [-0.1, -0.05) is 29.4 Å². The van der Waals surface area contributed by atoms with Crippen molar-refractivity contribution in [3.63, 3.8) is 0 Å². The van der Waals surface area contributed by atoms with Crippen LogP contribution >= 0.6 is 23.4 Å². The van der Waals surface area contributed by atoms with E-state index in [9.17, 15) is 4.79 Å². The van der Waals surface area contributed by atoms with Gasteiger partial charge in [0.15, 0.2) is 11.0 Å². The molecule has 1 N–H and O–H groups in total. The molecular formula is C24H28ClN5OS. The van der Waals surface area contributed by atoms with Crippen molar-refractivity contribution in [2.45, 2.75) is 43.8 Å². The van der Waals surface area contributed by atoms with Crippen LogP contribution in [0.3, 0.4) is 0 Å². The number of thioether (sulfide) groups is 1. The van der Waals surface area contributed by atoms with Crippen molar-refractivity contribution in [1.82, 2.24) is 19.7 Å². The summed E-state index contributed by atoms with van der Waals surface area (Å²) in [6.07, 6.45) is 3.84. The number of anilines is 1. The van der Waals surface area contributed by atoms with Crippen LogP contribution in [-0.4, -0.2) is 45.4 Å². The predicted octanol–water partition coefficient (Wildman–Crippen LogP) is 5.15. The number of rotatable bonds is 8. The lowest BCUT2D eigenvalue weighted by atomic mass is 10.1. The van der Waals surface area contributed by atoms with E-state index in [1.54, 1.807) is 0 Å². The lowest BCUT2D eigenvalue weighted by molar-refractivity contribution is -0.115. The zero-order valence-electron chi connectivity index (χ0n) is 18.6. The first-order valence-corrected chi connectivity index (χ1v) is 12.2. The molecule has 1 aliphatic carbocycles. The standard InChI is InChI=1S/C24H28ClN5OS/c1-16(29(2)3)23-27-28-24(30(23)21-11-8-19(25)9-12-21)32-14-13-22(31)26-20-10-7-17-5-4-6-18(17)15-20/h7-12,15-16H,4-6,13-14H2,1-3H3,(H,26,31). The summed E-state index contributed by atoms with van der Waals surface area (Å²) in [5, 5.41) is 13.4. The van der Waals surface area contributed by atoms with Crippen LogP contribution in [0.15, 0.2) is 47.6 Å². The number of benzene rings is 2. The van der Waals surface area contributed by atoms with Crippen molar-refractivity contribution in [3.05, 3.63) is 64.4 Å². The maximum atomic E-state index is 12.5. The van der Waals surface area contributed by atoms with Crippen molar-refractivity contribution >= 4 is 35.0 Å². The summed E-state index contributed by atoms with van der Waals surface area (Å²) in [4.78, 5) is 14.6. The van der Waals surface area contributed by atoms with Gasteiger partial charge < -0.3 is 5.32 Å². The van der Waals surface area contributed by atoms with Gasteiger partial charge >= 0.3 is 0 Å². The first-order valence-electron chi connectivity index (χ1n) is 10.8. The molecule has 0 spiro atoms. The van der Waals surface area contributed by atoms with Crippen molar-refractivity contribution in [3.8, 4) is 5.69 Å². The van der Waals surface area contributed by atoms with Gasteiger partial charge in [-0.3, -0.25) is 14.3 Å². The van der Waals surface area contributed by atoms with E-state index in [1.165, 1.54) is 29.3 Å². The predicted molar refractivity (Wildman–Crippen MR) is 131 cm³/mol. The molecule has 1 amide bonds. The van der Waals surface area contributed by atoms with E-state index in [-0.39, 0.29) is 11.9 Å². The quantitative estimate of drug-likeness (QED) is 0.462. The fourth-order valence-corrected chi connectivity index (χ4v) is 4.84. The Morgan fingerprint density at radius 3 is 2.66 bits per heavy atom. The van der Waals surface area contributed by atoms with Gasteiger partial charge in [-0.2, -0.15) is 0 Å². The number of halogens is 1. The molecule has 6 nitrogen and oxygen atoms in total. The molecule has 168 valence electrons. The second kappa shape index (κ2) is 10.1. The van der Waals surface area contributed by atoms with E-state index in [1.807, 2.05) is 49.0 Å². The fraction of sp³-hybridized carbons (Fsp3) is 0.375. The topological polar surface area (TPSA) is 63.1 Å². The van der Waals surface area contributed by atoms with Gasteiger partial charge in [-0.05, 0) is 87.8 Å². The van der Waals surface area contributed by atoms with Crippen molar-refractivity contribution in [2.75, 3.05) is 25.2 Å². The Bertz CT molecular complexity index is 1100. The molecule has 0 bridgehead atoms. The number of aryl methyl sites for hydroxylation is 2. The van der Waals surface area contributed by atoms with Crippen molar-refractivity contribution in [1.29, 1.82) is 0 Å². The summed E-state index contributed by atoms with van der Waals surface area (Å²) >= 11 is 7.62. The zero-order chi connectivity index (χ0) is 22.7. The molecule has 3 aromatic rings. The first-order chi connectivity index (χ1) is 15.4. The van der Waals surface area contributed by atoms with Gasteiger partial charge in [-0.25, -0.2) is 0 Å². The summed E-state index contributed by atoms with van der Waals surface area (Å²) in [6.45, 7) is 2.09. The van der Waals surface area contributed by atoms with Gasteiger partial charge in [0, 0.05) is 28.6 Å². The number of carbonyl (C=O) groups is 1. The van der Waals surface area contributed by atoms with Crippen molar-refractivity contribution < 1.29 is 4.79 Å². The molecule has 1 unspecified atom stereocenters. The van der Waals surface area contributed by atoms with E-state index in [4.69, 9.17) is 11.6 Å². The second-order valence-electron chi connectivity index (χ2n) is 8.28. The molecule has 1 atom stereocenters. The average molecular weight is 470 g/mol. The zero-order valence-corrected chi connectivity index (χ0v) is 20.2. The van der Waals surface area contributed by atoms with E-state index < -0.39 is 0 Å². The molecule has 0 saturated carbocycles. The molecule has 2 aromatic carbocycles. The molecule has 0 aliphatic heterocycles. The van der Waals surface area contributed by atoms with E-state index in [0.717, 1.165) is 35.2 Å². The Morgan fingerprint density at radius 2 is 1.91 bits per heavy atom. The highest BCUT2D eigenvalue weighted by Crippen LogP contribution is 2.28. The number of aromatic nitrogens is 3. The molecule has 1 aliphatic rings. The highest BCUT2D eigenvalue weighted by molar-refractivity contribution is 7.99. The van der Waals surface area contributed by atoms with E-state index in [2.05, 4.69) is 39.5 Å². The molecule has 8 heteroatoms. The Balaban J connectivity index is 1.43. The van der Waals surface area contributed by atoms with Crippen molar-refractivity contribution in [2.24, 2.45) is 0 Å². The van der Waals surface area contributed by atoms with Crippen LogP contribution in [0.5, 0.6) is 0 Å². The maximum absolute atomic E-state index is 12.5. The number of amides is 1. The third-order valence-electron chi connectivity index (χ3n) is 5.83. The van der Waals surface area contributed by atoms with Gasteiger partial charge in [0.1, 0.15) is 0 Å². The summed E-state index contributed by atoms with van der Waals surface area (Å²) in [6, 6.07) is 14.0. The van der Waals surface area contributed by atoms with E-state index >= 15 is 0 Å². The molecule has 32 heavy (non-hydrogen) atoms. The first kappa shape index (κ1) is 22.8. The van der Waals surface area contributed by atoms with Gasteiger partial charge in [0.05, 0.1) is 6.04 Å². The lowest BCUT2D eigenvalue weighted by Gasteiger charge is -2.20. The number of nitrogens with zero attached hydrogens (tertiary/aromatic N) is 4. The van der Waals surface area contributed by atoms with Crippen LogP contribution in [0, 0.1) is 0 Å². The minimum atomic E-state index is 0.00916. The minimum Gasteiger partial charge on any atom is -0.326 e. The molecule has 4 rings (SSSR count). The van der Waals surface area contributed by atoms with Crippen LogP contribution < -0.4 is 5.32 Å². The third kappa shape index (κ3) is 5.17. The van der Waals surface area contributed by atoms with E-state index in [0.29, 0.717) is 17.2 Å². The van der Waals surface area contributed by atoms with Gasteiger partial charge in [0.25, 0.3) is 0 Å². The lowest BCUT2D eigenvalue weighted by Crippen LogP contribution is -2.20. The molecular weight excluding hydrogens is 442 g/mol. The summed E-state index contributed by atoms with van der Waals surface area (Å²) in [5.74, 6) is 1.47. The van der Waals surface area contributed by atoms with Gasteiger partial charge in [-0.15, -0.1) is 10.2 Å². The van der Waals surface area contributed by atoms with Crippen LogP contribution in [0.2, 0.25) is 5.02 Å². The van der Waals surface area contributed by atoms with Crippen LogP contribution in [-0.2, 0) is 17.6 Å². The normalized spacial score (nSPS) is 13.9. The Labute approximate surface area is 198 Å². The minimum absolute atomic E-state index is 0.00916. The summed E-state index contributed by atoms with van der Waals surface area (Å²) in [7, 11) is 4.03. The summed E-state index contributed by atoms with van der Waals surface area (Å²) < 4.78 is 2.05.